The molecule has 3 aromatic rings. The maximum absolute atomic E-state index is 12.5. The van der Waals surface area contributed by atoms with Crippen molar-refractivity contribution in [3.05, 3.63) is 69.1 Å². The van der Waals surface area contributed by atoms with Crippen molar-refractivity contribution in [2.24, 2.45) is 0 Å². The first-order valence-electron chi connectivity index (χ1n) is 9.39. The summed E-state index contributed by atoms with van der Waals surface area (Å²) >= 11 is 4.98. The Bertz CT molecular complexity index is 1080. The van der Waals surface area contributed by atoms with Crippen LogP contribution in [0.3, 0.4) is 0 Å². The number of nitrogens with one attached hydrogen (secondary N) is 2. The van der Waals surface area contributed by atoms with Crippen LogP contribution in [0, 0.1) is 6.92 Å². The van der Waals surface area contributed by atoms with E-state index in [0.717, 1.165) is 39.1 Å². The molecule has 0 radical (unpaired) electrons. The molecular weight excluding hydrogens is 450 g/mol. The molecule has 0 atom stereocenters. The van der Waals surface area contributed by atoms with Gasteiger partial charge in [0.15, 0.2) is 0 Å². The zero-order valence-electron chi connectivity index (χ0n) is 15.9. The van der Waals surface area contributed by atoms with Crippen molar-refractivity contribution >= 4 is 44.8 Å². The highest BCUT2D eigenvalue weighted by atomic mass is 79.9. The van der Waals surface area contributed by atoms with Crippen LogP contribution in [0.4, 0.5) is 5.69 Å². The number of aryl methyl sites for hydroxylation is 1. The Morgan fingerprint density at radius 2 is 2.03 bits per heavy atom. The first-order valence-corrected chi connectivity index (χ1v) is 11.1. The number of carbonyl (C=O) groups is 2. The van der Waals surface area contributed by atoms with Crippen LogP contribution in [0.5, 0.6) is 0 Å². The minimum absolute atomic E-state index is 0.0961. The number of thiazole rings is 1. The normalized spacial score (nSPS) is 13.2. The van der Waals surface area contributed by atoms with Crippen molar-refractivity contribution in [1.29, 1.82) is 0 Å². The molecule has 0 spiro atoms. The molecule has 1 saturated carbocycles. The van der Waals surface area contributed by atoms with E-state index >= 15 is 0 Å². The molecule has 1 aliphatic carbocycles. The molecule has 5 nitrogen and oxygen atoms in total. The van der Waals surface area contributed by atoms with Gasteiger partial charge in [0.05, 0.1) is 12.1 Å². The number of hydrogen-bond acceptors (Lipinski definition) is 4. The molecule has 0 bridgehead atoms. The Morgan fingerprint density at radius 1 is 1.21 bits per heavy atom. The summed E-state index contributed by atoms with van der Waals surface area (Å²) in [6.07, 6.45) is 2.26. The van der Waals surface area contributed by atoms with Gasteiger partial charge in [-0.2, -0.15) is 0 Å². The first kappa shape index (κ1) is 19.8. The molecule has 1 aliphatic rings. The van der Waals surface area contributed by atoms with Gasteiger partial charge < -0.3 is 10.6 Å². The molecule has 2 aromatic carbocycles. The highest BCUT2D eigenvalue weighted by molar-refractivity contribution is 9.10. The van der Waals surface area contributed by atoms with E-state index in [9.17, 15) is 9.59 Å². The van der Waals surface area contributed by atoms with Crippen LogP contribution >= 0.6 is 27.3 Å². The van der Waals surface area contributed by atoms with E-state index < -0.39 is 0 Å². The summed E-state index contributed by atoms with van der Waals surface area (Å²) in [6.45, 7) is 1.91. The number of carbonyl (C=O) groups excluding carboxylic acids is 2. The maximum Gasteiger partial charge on any atom is 0.251 e. The van der Waals surface area contributed by atoms with Crippen molar-refractivity contribution < 1.29 is 9.59 Å². The average molecular weight is 470 g/mol. The van der Waals surface area contributed by atoms with Crippen LogP contribution in [0.2, 0.25) is 0 Å². The van der Waals surface area contributed by atoms with Gasteiger partial charge in [-0.25, -0.2) is 4.98 Å². The van der Waals surface area contributed by atoms with Crippen LogP contribution in [0.1, 0.15) is 34.5 Å². The predicted molar refractivity (Wildman–Crippen MR) is 119 cm³/mol. The standard InChI is InChI=1S/C22H20BrN3O2S/c1-13-5-6-14(21(28)24-17-7-8-17)10-19(13)26-20(27)11-18-12-29-22(25-18)15-3-2-4-16(23)9-15/h2-6,9-10,12,17H,7-8,11H2,1H3,(H,24,28)(H,26,27). The summed E-state index contributed by atoms with van der Waals surface area (Å²) in [5.74, 6) is -0.250. The molecular formula is C22H20BrN3O2S. The van der Waals surface area contributed by atoms with Crippen LogP contribution in [0.25, 0.3) is 10.6 Å². The molecule has 2 N–H and O–H groups in total. The molecule has 1 fully saturated rings. The van der Waals surface area contributed by atoms with E-state index in [-0.39, 0.29) is 18.2 Å². The van der Waals surface area contributed by atoms with Gasteiger partial charge in [-0.1, -0.05) is 34.1 Å². The van der Waals surface area contributed by atoms with Gasteiger partial charge >= 0.3 is 0 Å². The monoisotopic (exact) mass is 469 g/mol. The number of halogens is 1. The fourth-order valence-electron chi connectivity index (χ4n) is 2.90. The molecule has 148 valence electrons. The smallest absolute Gasteiger partial charge is 0.251 e. The molecule has 0 saturated heterocycles. The van der Waals surface area contributed by atoms with Crippen LogP contribution in [-0.4, -0.2) is 22.8 Å². The zero-order chi connectivity index (χ0) is 20.4. The summed E-state index contributed by atoms with van der Waals surface area (Å²) in [4.78, 5) is 29.4. The van der Waals surface area contributed by atoms with E-state index in [0.29, 0.717) is 17.3 Å². The van der Waals surface area contributed by atoms with Gasteiger partial charge in [-0.3, -0.25) is 9.59 Å². The lowest BCUT2D eigenvalue weighted by Crippen LogP contribution is -2.25. The van der Waals surface area contributed by atoms with Gasteiger partial charge in [-0.15, -0.1) is 11.3 Å². The van der Waals surface area contributed by atoms with Crippen molar-refractivity contribution in [2.45, 2.75) is 32.2 Å². The summed E-state index contributed by atoms with van der Waals surface area (Å²) in [7, 11) is 0. The highest BCUT2D eigenvalue weighted by Gasteiger charge is 2.24. The summed E-state index contributed by atoms with van der Waals surface area (Å²) in [6, 6.07) is 13.6. The molecule has 7 heteroatoms. The third kappa shape index (κ3) is 5.10. The van der Waals surface area contributed by atoms with Crippen molar-refractivity contribution in [1.82, 2.24) is 10.3 Å². The Kier molecular flexibility index (Phi) is 5.78. The molecule has 1 aromatic heterocycles. The number of aromatic nitrogens is 1. The zero-order valence-corrected chi connectivity index (χ0v) is 18.3. The Labute approximate surface area is 181 Å². The van der Waals surface area contributed by atoms with E-state index in [4.69, 9.17) is 0 Å². The predicted octanol–water partition coefficient (Wildman–Crippen LogP) is 4.95. The maximum atomic E-state index is 12.5. The minimum atomic E-state index is -0.154. The average Bonchev–Trinajstić information content (AvgIpc) is 3.38. The largest absolute Gasteiger partial charge is 0.349 e. The topological polar surface area (TPSA) is 71.1 Å². The number of benzene rings is 2. The lowest BCUT2D eigenvalue weighted by atomic mass is 10.1. The number of hydrogen-bond donors (Lipinski definition) is 2. The van der Waals surface area contributed by atoms with E-state index in [1.165, 1.54) is 11.3 Å². The van der Waals surface area contributed by atoms with E-state index in [1.807, 2.05) is 42.6 Å². The summed E-state index contributed by atoms with van der Waals surface area (Å²) in [5, 5.41) is 8.67. The van der Waals surface area contributed by atoms with Gasteiger partial charge in [0.1, 0.15) is 5.01 Å². The summed E-state index contributed by atoms with van der Waals surface area (Å²) < 4.78 is 0.991. The molecule has 4 rings (SSSR count). The Morgan fingerprint density at radius 3 is 2.79 bits per heavy atom. The summed E-state index contributed by atoms with van der Waals surface area (Å²) in [5.41, 5.74) is 3.86. The number of nitrogens with zero attached hydrogens (tertiary/aromatic N) is 1. The van der Waals surface area contributed by atoms with Crippen molar-refractivity contribution in [2.75, 3.05) is 5.32 Å². The fourth-order valence-corrected chi connectivity index (χ4v) is 4.11. The Balaban J connectivity index is 1.42. The number of amides is 2. The third-order valence-electron chi connectivity index (χ3n) is 4.65. The van der Waals surface area contributed by atoms with Gasteiger partial charge in [0.2, 0.25) is 5.91 Å². The molecule has 0 aliphatic heterocycles. The van der Waals surface area contributed by atoms with Crippen molar-refractivity contribution in [3.8, 4) is 10.6 Å². The second-order valence-electron chi connectivity index (χ2n) is 7.16. The SMILES string of the molecule is Cc1ccc(C(=O)NC2CC2)cc1NC(=O)Cc1csc(-c2cccc(Br)c2)n1. The van der Waals surface area contributed by atoms with E-state index in [1.54, 1.807) is 12.1 Å². The number of rotatable bonds is 6. The van der Waals surface area contributed by atoms with Crippen LogP contribution in [-0.2, 0) is 11.2 Å². The Hall–Kier alpha value is -2.51. The van der Waals surface area contributed by atoms with E-state index in [2.05, 4.69) is 31.5 Å². The third-order valence-corrected chi connectivity index (χ3v) is 6.08. The highest BCUT2D eigenvalue weighted by Crippen LogP contribution is 2.27. The van der Waals surface area contributed by atoms with Gasteiger partial charge in [0, 0.05) is 32.7 Å². The van der Waals surface area contributed by atoms with Crippen LogP contribution in [0.15, 0.2) is 52.3 Å². The lowest BCUT2D eigenvalue weighted by Gasteiger charge is -2.10. The molecule has 0 unspecified atom stereocenters. The minimum Gasteiger partial charge on any atom is -0.349 e. The van der Waals surface area contributed by atoms with Gasteiger partial charge in [-0.05, 0) is 49.6 Å². The fraction of sp³-hybridized carbons (Fsp3) is 0.227. The molecule has 2 amide bonds. The van der Waals surface area contributed by atoms with Gasteiger partial charge in [0.25, 0.3) is 5.91 Å². The van der Waals surface area contributed by atoms with Crippen molar-refractivity contribution in [3.63, 3.8) is 0 Å². The molecule has 29 heavy (non-hydrogen) atoms. The van der Waals surface area contributed by atoms with Crippen LogP contribution < -0.4 is 10.6 Å². The quantitative estimate of drug-likeness (QED) is 0.536. The second-order valence-corrected chi connectivity index (χ2v) is 8.93. The number of anilines is 1. The molecule has 1 heterocycles. The second kappa shape index (κ2) is 8.47. The lowest BCUT2D eigenvalue weighted by molar-refractivity contribution is -0.115. The first-order chi connectivity index (χ1) is 14.0.